The molecule has 1 atom stereocenters. The largest absolute Gasteiger partial charge is 0.423 e. The molecule has 4 aromatic rings. The number of nitrogens with two attached hydrogens (primary N) is 1. The Labute approximate surface area is 175 Å². The Kier molecular flexibility index (Phi) is 5.52. The summed E-state index contributed by atoms with van der Waals surface area (Å²) in [6.45, 7) is 4.63. The molecule has 0 aliphatic carbocycles. The fraction of sp³-hybridized carbons (Fsp3) is 0.160. The monoisotopic (exact) mass is 404 g/mol. The molecule has 4 heteroatoms. The van der Waals surface area contributed by atoms with E-state index < -0.39 is 0 Å². The third-order valence-electron chi connectivity index (χ3n) is 5.28. The number of aryl methyl sites for hydroxylation is 2. The lowest BCUT2D eigenvalue weighted by atomic mass is 9.97. The van der Waals surface area contributed by atoms with Gasteiger partial charge in [0.15, 0.2) is 0 Å². The van der Waals surface area contributed by atoms with Crippen LogP contribution in [0.2, 0.25) is 5.02 Å². The third-order valence-corrected chi connectivity index (χ3v) is 5.69. The van der Waals surface area contributed by atoms with Crippen LogP contribution in [0.4, 0.5) is 0 Å². The number of benzene rings is 3. The van der Waals surface area contributed by atoms with Crippen LogP contribution in [0, 0.1) is 13.8 Å². The number of rotatable bonds is 5. The summed E-state index contributed by atoms with van der Waals surface area (Å²) >= 11 is 6.34. The molecule has 0 aliphatic heterocycles. The van der Waals surface area contributed by atoms with Gasteiger partial charge in [0, 0.05) is 33.2 Å². The molecule has 0 aliphatic rings. The van der Waals surface area contributed by atoms with Crippen molar-refractivity contribution >= 4 is 22.6 Å². The van der Waals surface area contributed by atoms with Crippen molar-refractivity contribution in [3.8, 4) is 0 Å². The second kappa shape index (κ2) is 8.24. The zero-order valence-corrected chi connectivity index (χ0v) is 17.2. The molecule has 0 bridgehead atoms. The third kappa shape index (κ3) is 4.26. The summed E-state index contributed by atoms with van der Waals surface area (Å²) in [5, 5.41) is 3.81. The van der Waals surface area contributed by atoms with Crippen molar-refractivity contribution < 1.29 is 9.73 Å². The van der Waals surface area contributed by atoms with Crippen LogP contribution in [0.3, 0.4) is 0 Å². The van der Waals surface area contributed by atoms with Crippen LogP contribution in [-0.4, -0.2) is 0 Å². The van der Waals surface area contributed by atoms with E-state index in [-0.39, 0.29) is 11.7 Å². The van der Waals surface area contributed by atoms with E-state index in [9.17, 15) is 4.79 Å². The quantitative estimate of drug-likeness (QED) is 0.480. The molecule has 0 saturated carbocycles. The molecule has 29 heavy (non-hydrogen) atoms. The molecule has 1 heterocycles. The minimum atomic E-state index is -0.339. The second-order valence-corrected chi connectivity index (χ2v) is 7.83. The Morgan fingerprint density at radius 2 is 1.62 bits per heavy atom. The van der Waals surface area contributed by atoms with Crippen LogP contribution in [0.1, 0.15) is 33.9 Å². The lowest BCUT2D eigenvalue weighted by Gasteiger charge is -2.17. The fourth-order valence-electron chi connectivity index (χ4n) is 3.66. The number of hydrogen-bond acceptors (Lipinski definition) is 2. The normalized spacial score (nSPS) is 12.2. The Hall–Kier alpha value is -2.88. The molecule has 0 saturated heterocycles. The summed E-state index contributed by atoms with van der Waals surface area (Å²) in [5.41, 5.74) is 5.73. The van der Waals surface area contributed by atoms with Crippen LogP contribution in [0.25, 0.3) is 11.0 Å². The highest BCUT2D eigenvalue weighted by Crippen LogP contribution is 2.25. The Morgan fingerprint density at radius 1 is 0.931 bits per heavy atom. The fourth-order valence-corrected chi connectivity index (χ4v) is 3.82. The number of fused-ring (bicyclic) bond motifs is 1. The van der Waals surface area contributed by atoms with E-state index >= 15 is 0 Å². The maximum absolute atomic E-state index is 12.1. The van der Waals surface area contributed by atoms with E-state index in [1.807, 2.05) is 25.1 Å². The first kappa shape index (κ1) is 19.4. The summed E-state index contributed by atoms with van der Waals surface area (Å²) in [7, 11) is 0. The van der Waals surface area contributed by atoms with Gasteiger partial charge in [0.1, 0.15) is 18.2 Å². The van der Waals surface area contributed by atoms with E-state index in [2.05, 4.69) is 60.8 Å². The van der Waals surface area contributed by atoms with Crippen molar-refractivity contribution in [2.75, 3.05) is 0 Å². The predicted molar refractivity (Wildman–Crippen MR) is 117 cm³/mol. The van der Waals surface area contributed by atoms with Gasteiger partial charge >= 0.3 is 5.63 Å². The zero-order valence-electron chi connectivity index (χ0n) is 16.5. The molecule has 1 aromatic heterocycles. The molecule has 0 unspecified atom stereocenters. The Balaban J connectivity index is 1.72. The molecular formula is C25H23ClNO2+. The minimum Gasteiger partial charge on any atom is -0.423 e. The summed E-state index contributed by atoms with van der Waals surface area (Å²) in [6.07, 6.45) is 0. The number of quaternary nitrogens is 1. The van der Waals surface area contributed by atoms with Gasteiger partial charge in [-0.05, 0) is 31.5 Å². The lowest BCUT2D eigenvalue weighted by Crippen LogP contribution is -2.84. The molecule has 3 nitrogen and oxygen atoms in total. The zero-order chi connectivity index (χ0) is 20.4. The van der Waals surface area contributed by atoms with Gasteiger partial charge < -0.3 is 9.73 Å². The van der Waals surface area contributed by atoms with E-state index in [4.69, 9.17) is 16.0 Å². The van der Waals surface area contributed by atoms with Gasteiger partial charge in [-0.25, -0.2) is 4.79 Å². The average molecular weight is 405 g/mol. The van der Waals surface area contributed by atoms with Gasteiger partial charge in [-0.15, -0.1) is 0 Å². The van der Waals surface area contributed by atoms with Crippen molar-refractivity contribution in [3.63, 3.8) is 0 Å². The van der Waals surface area contributed by atoms with Crippen LogP contribution in [0.5, 0.6) is 0 Å². The van der Waals surface area contributed by atoms with E-state index in [0.29, 0.717) is 17.2 Å². The van der Waals surface area contributed by atoms with Gasteiger partial charge in [-0.3, -0.25) is 0 Å². The van der Waals surface area contributed by atoms with Crippen molar-refractivity contribution in [2.45, 2.75) is 26.4 Å². The smallest absolute Gasteiger partial charge is 0.336 e. The van der Waals surface area contributed by atoms with Crippen LogP contribution in [-0.2, 0) is 6.54 Å². The molecule has 0 amide bonds. The first-order valence-corrected chi connectivity index (χ1v) is 10.1. The SMILES string of the molecule is Cc1ccc([C@H]([NH2+]Cc2cc(=O)oc3cc(C)c(Cl)cc23)c2ccccc2)cc1. The van der Waals surface area contributed by atoms with Crippen molar-refractivity contribution in [1.29, 1.82) is 0 Å². The van der Waals surface area contributed by atoms with Gasteiger partial charge in [0.2, 0.25) is 0 Å². The highest BCUT2D eigenvalue weighted by Gasteiger charge is 2.18. The highest BCUT2D eigenvalue weighted by atomic mass is 35.5. The van der Waals surface area contributed by atoms with Crippen molar-refractivity contribution in [2.24, 2.45) is 0 Å². The molecule has 2 N–H and O–H groups in total. The van der Waals surface area contributed by atoms with Gasteiger partial charge in [0.25, 0.3) is 0 Å². The second-order valence-electron chi connectivity index (χ2n) is 7.43. The van der Waals surface area contributed by atoms with Gasteiger partial charge in [-0.2, -0.15) is 0 Å². The van der Waals surface area contributed by atoms with Crippen LogP contribution < -0.4 is 10.9 Å². The molecule has 0 fully saturated rings. The highest BCUT2D eigenvalue weighted by molar-refractivity contribution is 6.32. The summed E-state index contributed by atoms with van der Waals surface area (Å²) in [5.74, 6) is 0. The molecule has 3 aromatic carbocycles. The lowest BCUT2D eigenvalue weighted by molar-refractivity contribution is -0.702. The van der Waals surface area contributed by atoms with Gasteiger partial charge in [0.05, 0.1) is 0 Å². The number of halogens is 1. The summed E-state index contributed by atoms with van der Waals surface area (Å²) < 4.78 is 5.40. The van der Waals surface area contributed by atoms with Crippen molar-refractivity contribution in [3.05, 3.63) is 116 Å². The first-order chi connectivity index (χ1) is 14.0. The predicted octanol–water partition coefficient (Wildman–Crippen LogP) is 4.92. The topological polar surface area (TPSA) is 46.8 Å². The molecular weight excluding hydrogens is 382 g/mol. The molecule has 0 radical (unpaired) electrons. The van der Waals surface area contributed by atoms with E-state index in [0.717, 1.165) is 16.5 Å². The van der Waals surface area contributed by atoms with Crippen LogP contribution >= 0.6 is 11.6 Å². The first-order valence-electron chi connectivity index (χ1n) is 9.69. The maximum Gasteiger partial charge on any atom is 0.336 e. The molecule has 0 spiro atoms. The molecule has 4 rings (SSSR count). The average Bonchev–Trinajstić information content (AvgIpc) is 2.71. The number of hydrogen-bond donors (Lipinski definition) is 1. The van der Waals surface area contributed by atoms with E-state index in [1.54, 1.807) is 6.07 Å². The molecule has 146 valence electrons. The standard InChI is InChI=1S/C25H22ClNO2/c1-16-8-10-19(11-9-16)25(18-6-4-3-5-7-18)27-15-20-13-24(28)29-23-12-17(2)22(26)14-21(20)23/h3-14,25,27H,15H2,1-2H3/p+1/t25-/m1/s1. The Bertz CT molecular complexity index is 1200. The maximum atomic E-state index is 12.1. The van der Waals surface area contributed by atoms with Gasteiger partial charge in [-0.1, -0.05) is 71.8 Å². The Morgan fingerprint density at radius 3 is 2.34 bits per heavy atom. The minimum absolute atomic E-state index is 0.125. The summed E-state index contributed by atoms with van der Waals surface area (Å²) in [6, 6.07) is 24.4. The van der Waals surface area contributed by atoms with Crippen LogP contribution in [0.15, 0.2) is 82.0 Å². The van der Waals surface area contributed by atoms with Crippen molar-refractivity contribution in [1.82, 2.24) is 0 Å². The summed E-state index contributed by atoms with van der Waals surface area (Å²) in [4.78, 5) is 12.1. The van der Waals surface area contributed by atoms with E-state index in [1.165, 1.54) is 16.7 Å².